The molecule has 3 aromatic rings. The van der Waals surface area contributed by atoms with Crippen LogP contribution in [0.5, 0.6) is 5.75 Å². The fraction of sp³-hybridized carbons (Fsp3) is 0.559. The second-order valence-electron chi connectivity index (χ2n) is 12.7. The van der Waals surface area contributed by atoms with E-state index in [-0.39, 0.29) is 28.8 Å². The van der Waals surface area contributed by atoms with E-state index in [0.717, 1.165) is 77.6 Å². The predicted molar refractivity (Wildman–Crippen MR) is 182 cm³/mol. The van der Waals surface area contributed by atoms with Crippen LogP contribution >= 0.6 is 0 Å². The van der Waals surface area contributed by atoms with Crippen molar-refractivity contribution in [1.82, 2.24) is 19.7 Å². The number of anilines is 1. The zero-order chi connectivity index (χ0) is 33.1. The van der Waals surface area contributed by atoms with Gasteiger partial charge in [-0.05, 0) is 82.1 Å². The van der Waals surface area contributed by atoms with E-state index in [4.69, 9.17) is 4.74 Å². The molecule has 6 rings (SSSR count). The summed E-state index contributed by atoms with van der Waals surface area (Å²) >= 11 is 0. The Hall–Kier alpha value is -2.68. The molecule has 1 N–H and O–H groups in total. The molecule has 0 radical (unpaired) electrons. The smallest absolute Gasteiger partial charge is 0.210 e. The first-order valence-electron chi connectivity index (χ1n) is 16.7. The van der Waals surface area contributed by atoms with E-state index in [2.05, 4.69) is 24.6 Å². The van der Waals surface area contributed by atoms with Crippen LogP contribution in [0.1, 0.15) is 32.6 Å². The van der Waals surface area contributed by atoms with Gasteiger partial charge in [0.25, 0.3) is 0 Å². The summed E-state index contributed by atoms with van der Waals surface area (Å²) in [6, 6.07) is 10.1. The summed E-state index contributed by atoms with van der Waals surface area (Å²) in [5.74, 6) is -0.731. The van der Waals surface area contributed by atoms with Gasteiger partial charge in [0.15, 0.2) is 11.6 Å². The molecule has 0 unspecified atom stereocenters. The first kappa shape index (κ1) is 34.2. The maximum absolute atomic E-state index is 14.9. The van der Waals surface area contributed by atoms with Gasteiger partial charge in [-0.2, -0.15) is 0 Å². The summed E-state index contributed by atoms with van der Waals surface area (Å²) in [5.41, 5.74) is 1.15. The summed E-state index contributed by atoms with van der Waals surface area (Å²) in [4.78, 5) is 14.6. The summed E-state index contributed by atoms with van der Waals surface area (Å²) in [5, 5.41) is 9.88. The second-order valence-corrected chi connectivity index (χ2v) is 16.0. The van der Waals surface area contributed by atoms with Gasteiger partial charge in [-0.15, -0.1) is 0 Å². The number of fused-ring (bicyclic) bond motifs is 1. The zero-order valence-corrected chi connectivity index (χ0v) is 28.9. The van der Waals surface area contributed by atoms with Gasteiger partial charge in [-0.25, -0.2) is 12.8 Å². The number of ether oxygens (including phenoxy) is 1. The molecule has 1 aromatic heterocycles. The number of β-amino-alcohol motifs (C(OH)–C–C–N with tert-alkyl or cyclic N) is 1. The molecule has 0 saturated carbocycles. The number of hydrogen-bond donors (Lipinski definition) is 1. The molecule has 4 heterocycles. The molecule has 47 heavy (non-hydrogen) atoms. The fourth-order valence-electron chi connectivity index (χ4n) is 7.45. The highest BCUT2D eigenvalue weighted by atomic mass is 32.2. The lowest BCUT2D eigenvalue weighted by molar-refractivity contribution is 0.0396. The number of halogens is 1. The van der Waals surface area contributed by atoms with E-state index in [0.29, 0.717) is 46.7 Å². The molecule has 2 aromatic carbocycles. The van der Waals surface area contributed by atoms with E-state index >= 15 is 0 Å². The lowest BCUT2D eigenvalue weighted by atomic mass is 9.96. The van der Waals surface area contributed by atoms with Crippen molar-refractivity contribution in [1.29, 1.82) is 0 Å². The van der Waals surface area contributed by atoms with Gasteiger partial charge < -0.3 is 19.6 Å². The van der Waals surface area contributed by atoms with E-state index in [1.165, 1.54) is 18.3 Å². The van der Waals surface area contributed by atoms with Crippen LogP contribution in [0.3, 0.4) is 0 Å². The molecule has 3 saturated heterocycles. The number of aliphatic hydroxyl groups excluding tert-OH is 1. The molecule has 0 amide bonds. The SMILES string of the molecule is CCOc1ccc(S(=O)(=O)c2cnc3ccc([S@](C)=O)cc3c2N2CCC(N3CCC(N4CCN(CCO)CC4)CC3)CC2)cc1F. The summed E-state index contributed by atoms with van der Waals surface area (Å²) in [7, 11) is -5.43. The van der Waals surface area contributed by atoms with Crippen LogP contribution in [-0.2, 0) is 20.6 Å². The van der Waals surface area contributed by atoms with Crippen molar-refractivity contribution in [2.75, 3.05) is 83.3 Å². The molecular weight excluding hydrogens is 642 g/mol. The van der Waals surface area contributed by atoms with Crippen molar-refractivity contribution in [3.8, 4) is 5.75 Å². The number of benzene rings is 2. The van der Waals surface area contributed by atoms with E-state index < -0.39 is 26.5 Å². The van der Waals surface area contributed by atoms with Gasteiger partial charge in [-0.1, -0.05) is 0 Å². The molecule has 1 atom stereocenters. The number of rotatable bonds is 10. The number of likely N-dealkylation sites (tertiary alicyclic amines) is 1. The Kier molecular flexibility index (Phi) is 10.8. The molecule has 0 bridgehead atoms. The summed E-state index contributed by atoms with van der Waals surface area (Å²) in [6.45, 7) is 10.6. The Morgan fingerprint density at radius 1 is 0.936 bits per heavy atom. The van der Waals surface area contributed by atoms with Crippen LogP contribution in [0.15, 0.2) is 57.3 Å². The minimum atomic E-state index is -4.16. The largest absolute Gasteiger partial charge is 0.491 e. The molecule has 0 aliphatic carbocycles. The highest BCUT2D eigenvalue weighted by Crippen LogP contribution is 2.39. The molecule has 3 aliphatic heterocycles. The molecule has 3 aliphatic rings. The number of pyridine rings is 1. The second kappa shape index (κ2) is 14.8. The molecule has 3 fully saturated rings. The Morgan fingerprint density at radius 3 is 2.21 bits per heavy atom. The standard InChI is InChI=1S/C34H46FN5O5S2/c1-3-45-32-7-5-28(23-30(32)35)47(43,44)33-24-36-31-6-4-27(46(2)42)22-29(31)34(33)40-14-10-25(11-15-40)38-12-8-26(9-13-38)39-18-16-37(17-19-39)20-21-41/h4-7,22-26,41H,3,8-21H2,1-2H3/t46-/m0/s1. The predicted octanol–water partition coefficient (Wildman–Crippen LogP) is 3.39. The van der Waals surface area contributed by atoms with Gasteiger partial charge in [-0.3, -0.25) is 19.0 Å². The van der Waals surface area contributed by atoms with Crippen molar-refractivity contribution in [2.45, 2.75) is 59.4 Å². The van der Waals surface area contributed by atoms with Crippen LogP contribution in [0, 0.1) is 5.82 Å². The maximum atomic E-state index is 14.9. The van der Waals surface area contributed by atoms with Crippen LogP contribution in [0.2, 0.25) is 0 Å². The summed E-state index contributed by atoms with van der Waals surface area (Å²) in [6.07, 6.45) is 7.06. The quantitative estimate of drug-likeness (QED) is 0.341. The van der Waals surface area contributed by atoms with Crippen LogP contribution in [-0.4, -0.2) is 128 Å². The van der Waals surface area contributed by atoms with Gasteiger partial charge in [0.05, 0.1) is 29.3 Å². The maximum Gasteiger partial charge on any atom is 0.210 e. The van der Waals surface area contributed by atoms with Gasteiger partial charge >= 0.3 is 0 Å². The lowest BCUT2D eigenvalue weighted by Crippen LogP contribution is -2.55. The van der Waals surface area contributed by atoms with Crippen molar-refractivity contribution < 1.29 is 26.9 Å². The van der Waals surface area contributed by atoms with E-state index in [1.54, 1.807) is 31.4 Å². The highest BCUT2D eigenvalue weighted by Gasteiger charge is 2.34. The highest BCUT2D eigenvalue weighted by molar-refractivity contribution is 7.91. The third kappa shape index (κ3) is 7.35. The topological polar surface area (TPSA) is 107 Å². The number of sulfone groups is 1. The Labute approximate surface area is 279 Å². The van der Waals surface area contributed by atoms with Crippen molar-refractivity contribution >= 4 is 37.2 Å². The third-order valence-electron chi connectivity index (χ3n) is 10.0. The minimum Gasteiger partial charge on any atom is -0.491 e. The molecular formula is C34H46FN5O5S2. The first-order chi connectivity index (χ1) is 22.7. The average molecular weight is 688 g/mol. The first-order valence-corrected chi connectivity index (χ1v) is 19.7. The van der Waals surface area contributed by atoms with Gasteiger partial charge in [0.1, 0.15) is 4.90 Å². The van der Waals surface area contributed by atoms with Crippen molar-refractivity contribution in [2.24, 2.45) is 0 Å². The van der Waals surface area contributed by atoms with Gasteiger partial charge in [0.2, 0.25) is 9.84 Å². The zero-order valence-electron chi connectivity index (χ0n) is 27.3. The normalized spacial score (nSPS) is 20.6. The molecule has 0 spiro atoms. The number of aromatic nitrogens is 1. The monoisotopic (exact) mass is 687 g/mol. The van der Waals surface area contributed by atoms with Crippen LogP contribution in [0.25, 0.3) is 10.9 Å². The van der Waals surface area contributed by atoms with E-state index in [1.807, 2.05) is 0 Å². The third-order valence-corrected chi connectivity index (χ3v) is 12.7. The van der Waals surface area contributed by atoms with Gasteiger partial charge in [0, 0.05) is 91.4 Å². The van der Waals surface area contributed by atoms with E-state index in [9.17, 15) is 22.1 Å². The molecule has 256 valence electrons. The fourth-order valence-corrected chi connectivity index (χ4v) is 9.44. The number of piperazine rings is 1. The molecule has 10 nitrogen and oxygen atoms in total. The Balaban J connectivity index is 1.21. The minimum absolute atomic E-state index is 0.00473. The lowest BCUT2D eigenvalue weighted by Gasteiger charge is -2.46. The van der Waals surface area contributed by atoms with Crippen molar-refractivity contribution in [3.63, 3.8) is 0 Å². The Bertz CT molecular complexity index is 1690. The van der Waals surface area contributed by atoms with Crippen molar-refractivity contribution in [3.05, 3.63) is 48.4 Å². The summed E-state index contributed by atoms with van der Waals surface area (Å²) < 4.78 is 60.9. The molecule has 13 heteroatoms. The number of aliphatic hydroxyl groups is 1. The van der Waals surface area contributed by atoms with Crippen LogP contribution < -0.4 is 9.64 Å². The Morgan fingerprint density at radius 2 is 1.60 bits per heavy atom. The number of piperidine rings is 2. The number of hydrogen-bond acceptors (Lipinski definition) is 10. The number of nitrogens with zero attached hydrogens (tertiary/aromatic N) is 5. The van der Waals surface area contributed by atoms with Crippen LogP contribution in [0.4, 0.5) is 10.1 Å². The average Bonchev–Trinajstić information content (AvgIpc) is 3.09.